The van der Waals surface area contributed by atoms with E-state index < -0.39 is 11.4 Å². The maximum absolute atomic E-state index is 11.5. The van der Waals surface area contributed by atoms with Crippen molar-refractivity contribution in [3.05, 3.63) is 29.8 Å². The third kappa shape index (κ3) is 1.89. The highest BCUT2D eigenvalue weighted by Gasteiger charge is 2.60. The average Bonchev–Trinajstić information content (AvgIpc) is 3.05. The van der Waals surface area contributed by atoms with E-state index in [2.05, 4.69) is 5.32 Å². The van der Waals surface area contributed by atoms with Crippen LogP contribution in [0.4, 0.5) is 0 Å². The highest BCUT2D eigenvalue weighted by Crippen LogP contribution is 2.54. The minimum atomic E-state index is -0.733. The van der Waals surface area contributed by atoms with Crippen LogP contribution in [0.5, 0.6) is 5.75 Å². The SMILES string of the molecule is CNCC1CC1(C(=O)O)c1ccc(OC)cc1. The molecule has 1 aliphatic rings. The van der Waals surface area contributed by atoms with E-state index in [-0.39, 0.29) is 5.92 Å². The molecule has 17 heavy (non-hydrogen) atoms. The van der Waals surface area contributed by atoms with Crippen LogP contribution < -0.4 is 10.1 Å². The molecule has 0 bridgehead atoms. The standard InChI is InChI=1S/C13H17NO3/c1-14-8-10-7-13(10,12(15)16)9-3-5-11(17-2)6-4-9/h3-6,10,14H,7-8H2,1-2H3,(H,15,16). The number of benzene rings is 1. The Hall–Kier alpha value is -1.55. The monoisotopic (exact) mass is 235 g/mol. The van der Waals surface area contributed by atoms with Crippen molar-refractivity contribution in [1.82, 2.24) is 5.32 Å². The first kappa shape index (κ1) is 11.9. The van der Waals surface area contributed by atoms with Gasteiger partial charge < -0.3 is 15.2 Å². The quantitative estimate of drug-likeness (QED) is 0.806. The van der Waals surface area contributed by atoms with Gasteiger partial charge in [0.25, 0.3) is 0 Å². The van der Waals surface area contributed by atoms with Crippen molar-refractivity contribution >= 4 is 5.97 Å². The fraction of sp³-hybridized carbons (Fsp3) is 0.462. The van der Waals surface area contributed by atoms with Crippen LogP contribution in [0.1, 0.15) is 12.0 Å². The van der Waals surface area contributed by atoms with Gasteiger partial charge in [0.15, 0.2) is 0 Å². The Morgan fingerprint density at radius 2 is 2.18 bits per heavy atom. The van der Waals surface area contributed by atoms with Crippen LogP contribution in [0, 0.1) is 5.92 Å². The van der Waals surface area contributed by atoms with E-state index in [0.717, 1.165) is 17.9 Å². The second-order valence-electron chi connectivity index (χ2n) is 4.46. The molecule has 2 atom stereocenters. The van der Waals surface area contributed by atoms with Crippen molar-refractivity contribution in [2.24, 2.45) is 5.92 Å². The molecule has 2 N–H and O–H groups in total. The third-order valence-electron chi connectivity index (χ3n) is 3.54. The first-order valence-electron chi connectivity index (χ1n) is 5.67. The predicted octanol–water partition coefficient (Wildman–Crippen LogP) is 1.26. The van der Waals surface area contributed by atoms with E-state index >= 15 is 0 Å². The summed E-state index contributed by atoms with van der Waals surface area (Å²) in [5.41, 5.74) is 0.168. The molecule has 92 valence electrons. The fourth-order valence-electron chi connectivity index (χ4n) is 2.45. The average molecular weight is 235 g/mol. The number of hydrogen-bond acceptors (Lipinski definition) is 3. The van der Waals surface area contributed by atoms with Gasteiger partial charge in [0.05, 0.1) is 12.5 Å². The lowest BCUT2D eigenvalue weighted by Crippen LogP contribution is -2.26. The lowest BCUT2D eigenvalue weighted by molar-refractivity contribution is -0.140. The Bertz CT molecular complexity index is 415. The van der Waals surface area contributed by atoms with Crippen molar-refractivity contribution < 1.29 is 14.6 Å². The van der Waals surface area contributed by atoms with Crippen molar-refractivity contribution in [3.8, 4) is 5.75 Å². The molecule has 0 spiro atoms. The molecule has 1 fully saturated rings. The fourth-order valence-corrected chi connectivity index (χ4v) is 2.45. The van der Waals surface area contributed by atoms with Crippen molar-refractivity contribution in [2.45, 2.75) is 11.8 Å². The van der Waals surface area contributed by atoms with Crippen LogP contribution in [0.2, 0.25) is 0 Å². The molecule has 0 saturated heterocycles. The van der Waals surface area contributed by atoms with Gasteiger partial charge in [-0.05, 0) is 43.6 Å². The maximum atomic E-state index is 11.5. The minimum absolute atomic E-state index is 0.179. The highest BCUT2D eigenvalue weighted by molar-refractivity contribution is 5.86. The van der Waals surface area contributed by atoms with E-state index in [1.54, 1.807) is 7.11 Å². The van der Waals surface area contributed by atoms with Gasteiger partial charge in [-0.1, -0.05) is 12.1 Å². The van der Waals surface area contributed by atoms with E-state index in [1.807, 2.05) is 31.3 Å². The molecule has 1 saturated carbocycles. The zero-order valence-electron chi connectivity index (χ0n) is 10.1. The molecular formula is C13H17NO3. The van der Waals surface area contributed by atoms with E-state index in [4.69, 9.17) is 4.74 Å². The largest absolute Gasteiger partial charge is 0.497 e. The number of nitrogens with one attached hydrogen (secondary N) is 1. The van der Waals surface area contributed by atoms with Gasteiger partial charge in [-0.15, -0.1) is 0 Å². The van der Waals surface area contributed by atoms with Gasteiger partial charge in [-0.2, -0.15) is 0 Å². The van der Waals surface area contributed by atoms with E-state index in [1.165, 1.54) is 0 Å². The normalized spacial score (nSPS) is 26.6. The Balaban J connectivity index is 2.26. The lowest BCUT2D eigenvalue weighted by atomic mass is 9.93. The highest BCUT2D eigenvalue weighted by atomic mass is 16.5. The summed E-state index contributed by atoms with van der Waals surface area (Å²) in [6.07, 6.45) is 0.704. The van der Waals surface area contributed by atoms with Gasteiger partial charge in [0.1, 0.15) is 5.75 Å². The topological polar surface area (TPSA) is 58.6 Å². The van der Waals surface area contributed by atoms with Crippen LogP contribution in [0.25, 0.3) is 0 Å². The summed E-state index contributed by atoms with van der Waals surface area (Å²) in [6.45, 7) is 0.734. The molecule has 0 radical (unpaired) electrons. The van der Waals surface area contributed by atoms with E-state index in [9.17, 15) is 9.90 Å². The molecule has 0 aromatic heterocycles. The smallest absolute Gasteiger partial charge is 0.314 e. The number of rotatable bonds is 5. The number of methoxy groups -OCH3 is 1. The molecular weight excluding hydrogens is 218 g/mol. The Morgan fingerprint density at radius 1 is 1.53 bits per heavy atom. The van der Waals surface area contributed by atoms with Gasteiger partial charge in [0, 0.05) is 0 Å². The third-order valence-corrected chi connectivity index (χ3v) is 3.54. The molecule has 1 aromatic carbocycles. The molecule has 1 aliphatic carbocycles. The maximum Gasteiger partial charge on any atom is 0.314 e. The molecule has 4 nitrogen and oxygen atoms in total. The first-order chi connectivity index (χ1) is 8.15. The summed E-state index contributed by atoms with van der Waals surface area (Å²) in [4.78, 5) is 11.5. The van der Waals surface area contributed by atoms with E-state index in [0.29, 0.717) is 6.42 Å². The van der Waals surface area contributed by atoms with Crippen LogP contribution in [-0.4, -0.2) is 31.8 Å². The molecule has 0 heterocycles. The van der Waals surface area contributed by atoms with Gasteiger partial charge in [-0.3, -0.25) is 4.79 Å². The summed E-state index contributed by atoms with van der Waals surface area (Å²) in [5, 5.41) is 12.5. The summed E-state index contributed by atoms with van der Waals surface area (Å²) in [7, 11) is 3.45. The number of ether oxygens (including phenoxy) is 1. The van der Waals surface area contributed by atoms with Crippen LogP contribution in [0.15, 0.2) is 24.3 Å². The molecule has 4 heteroatoms. The molecule has 2 unspecified atom stereocenters. The Kier molecular flexibility index (Phi) is 3.07. The molecule has 2 rings (SSSR count). The number of carboxylic acid groups (broad SMARTS) is 1. The number of aliphatic carboxylic acids is 1. The molecule has 0 amide bonds. The first-order valence-corrected chi connectivity index (χ1v) is 5.67. The minimum Gasteiger partial charge on any atom is -0.497 e. The van der Waals surface area contributed by atoms with Crippen LogP contribution in [-0.2, 0) is 10.2 Å². The lowest BCUT2D eigenvalue weighted by Gasteiger charge is -2.13. The number of hydrogen-bond donors (Lipinski definition) is 2. The second-order valence-corrected chi connectivity index (χ2v) is 4.46. The van der Waals surface area contributed by atoms with Gasteiger partial charge in [0.2, 0.25) is 0 Å². The zero-order chi connectivity index (χ0) is 12.5. The molecule has 1 aromatic rings. The predicted molar refractivity (Wildman–Crippen MR) is 64.3 cm³/mol. The summed E-state index contributed by atoms with van der Waals surface area (Å²) in [5.74, 6) is 0.196. The summed E-state index contributed by atoms with van der Waals surface area (Å²) >= 11 is 0. The number of carbonyl (C=O) groups is 1. The van der Waals surface area contributed by atoms with Crippen LogP contribution in [0.3, 0.4) is 0 Å². The summed E-state index contributed by atoms with van der Waals surface area (Å²) < 4.78 is 5.08. The van der Waals surface area contributed by atoms with Crippen molar-refractivity contribution in [2.75, 3.05) is 20.7 Å². The molecule has 0 aliphatic heterocycles. The van der Waals surface area contributed by atoms with Crippen molar-refractivity contribution in [1.29, 1.82) is 0 Å². The Morgan fingerprint density at radius 3 is 2.65 bits per heavy atom. The summed E-state index contributed by atoms with van der Waals surface area (Å²) in [6, 6.07) is 7.33. The van der Waals surface area contributed by atoms with Crippen LogP contribution >= 0.6 is 0 Å². The Labute approximate surface area is 101 Å². The van der Waals surface area contributed by atoms with Gasteiger partial charge in [-0.25, -0.2) is 0 Å². The second kappa shape index (κ2) is 4.37. The van der Waals surface area contributed by atoms with Crippen molar-refractivity contribution in [3.63, 3.8) is 0 Å². The van der Waals surface area contributed by atoms with Gasteiger partial charge >= 0.3 is 5.97 Å². The number of carboxylic acids is 1. The zero-order valence-corrected chi connectivity index (χ0v) is 10.1.